The minimum Gasteiger partial charge on any atom is -0.508 e. The van der Waals surface area contributed by atoms with Crippen molar-refractivity contribution < 1.29 is 24.5 Å². The van der Waals surface area contributed by atoms with Gasteiger partial charge in [0.25, 0.3) is 0 Å². The molecule has 6 heteroatoms. The van der Waals surface area contributed by atoms with Crippen LogP contribution in [-0.2, 0) is 0 Å². The number of phenols is 3. The molecule has 1 atom stereocenters. The summed E-state index contributed by atoms with van der Waals surface area (Å²) in [5.74, 6) is 0.130. The van der Waals surface area contributed by atoms with Crippen molar-refractivity contribution in [3.8, 4) is 34.3 Å². The number of hydrogen-bond donors (Lipinski definition) is 3. The highest BCUT2D eigenvalue weighted by Gasteiger charge is 2.32. The Hall–Kier alpha value is -3.41. The van der Waals surface area contributed by atoms with Crippen molar-refractivity contribution in [2.24, 2.45) is 0 Å². The van der Waals surface area contributed by atoms with Gasteiger partial charge < -0.3 is 24.5 Å². The molecule has 0 fully saturated rings. The third kappa shape index (κ3) is 2.38. The van der Waals surface area contributed by atoms with Crippen LogP contribution in [0.15, 0.2) is 51.2 Å². The molecule has 4 rings (SSSR count). The van der Waals surface area contributed by atoms with Gasteiger partial charge in [0.2, 0.25) is 5.43 Å². The Bertz CT molecular complexity index is 1140. The van der Waals surface area contributed by atoms with Gasteiger partial charge in [0.1, 0.15) is 45.8 Å². The number of fused-ring (bicyclic) bond motifs is 4. The Morgan fingerprint density at radius 2 is 1.85 bits per heavy atom. The molecule has 3 N–H and O–H groups in total. The molecule has 6 nitrogen and oxygen atoms in total. The van der Waals surface area contributed by atoms with Crippen molar-refractivity contribution in [2.75, 3.05) is 0 Å². The van der Waals surface area contributed by atoms with Gasteiger partial charge in [-0.05, 0) is 32.1 Å². The molecule has 0 bridgehead atoms. The van der Waals surface area contributed by atoms with Crippen molar-refractivity contribution >= 4 is 11.0 Å². The maximum atomic E-state index is 13.1. The van der Waals surface area contributed by atoms with E-state index in [2.05, 4.69) is 0 Å². The Morgan fingerprint density at radius 1 is 1.08 bits per heavy atom. The molecule has 0 radical (unpaired) electrons. The molecular formula is C20H16O6. The predicted octanol–water partition coefficient (Wildman–Crippen LogP) is 3.98. The van der Waals surface area contributed by atoms with Gasteiger partial charge in [0, 0.05) is 18.2 Å². The number of aromatic hydroxyl groups is 3. The van der Waals surface area contributed by atoms with Crippen molar-refractivity contribution in [3.63, 3.8) is 0 Å². The number of ether oxygens (including phenoxy) is 1. The van der Waals surface area contributed by atoms with E-state index in [1.54, 1.807) is 12.1 Å². The summed E-state index contributed by atoms with van der Waals surface area (Å²) in [6, 6.07) is 6.89. The molecule has 0 spiro atoms. The third-order valence-corrected chi connectivity index (χ3v) is 4.23. The second-order valence-electron chi connectivity index (χ2n) is 6.47. The maximum Gasteiger partial charge on any atom is 0.204 e. The smallest absolute Gasteiger partial charge is 0.204 e. The first-order valence-corrected chi connectivity index (χ1v) is 8.03. The van der Waals surface area contributed by atoms with Gasteiger partial charge in [-0.15, -0.1) is 0 Å². The van der Waals surface area contributed by atoms with Gasteiger partial charge >= 0.3 is 0 Å². The molecule has 0 unspecified atom stereocenters. The lowest BCUT2D eigenvalue weighted by molar-refractivity contribution is 0.243. The van der Waals surface area contributed by atoms with Crippen LogP contribution < -0.4 is 10.2 Å². The van der Waals surface area contributed by atoms with Crippen LogP contribution in [0.3, 0.4) is 0 Å². The molecule has 2 heterocycles. The molecule has 0 saturated carbocycles. The third-order valence-electron chi connectivity index (χ3n) is 4.23. The normalized spacial score (nSPS) is 15.1. The van der Waals surface area contributed by atoms with Crippen LogP contribution in [0.5, 0.6) is 23.0 Å². The zero-order valence-corrected chi connectivity index (χ0v) is 14.1. The standard InChI is InChI=1S/C20H16O6/c1-9(2)5-15-18-19(24)17-13(23)6-11(22)8-16(17)26-20(18)12-4-3-10(21)7-14(12)25-15/h3-8,15,21-23H,1-2H3/t15-/m1/s1. The summed E-state index contributed by atoms with van der Waals surface area (Å²) in [6.07, 6.45) is 1.05. The first-order chi connectivity index (χ1) is 12.3. The summed E-state index contributed by atoms with van der Waals surface area (Å²) in [6.45, 7) is 3.75. The number of phenolic OH excluding ortho intramolecular Hbond substituents is 3. The number of allylic oxidation sites excluding steroid dienone is 1. The van der Waals surface area contributed by atoms with Crippen LogP contribution in [0, 0.1) is 0 Å². The first-order valence-electron chi connectivity index (χ1n) is 8.03. The van der Waals surface area contributed by atoms with Crippen molar-refractivity contribution in [3.05, 3.63) is 57.8 Å². The van der Waals surface area contributed by atoms with Crippen molar-refractivity contribution in [2.45, 2.75) is 20.0 Å². The van der Waals surface area contributed by atoms with Gasteiger partial charge in [-0.2, -0.15) is 0 Å². The van der Waals surface area contributed by atoms with E-state index in [0.29, 0.717) is 11.3 Å². The molecule has 132 valence electrons. The van der Waals surface area contributed by atoms with Crippen LogP contribution in [0.1, 0.15) is 25.5 Å². The summed E-state index contributed by atoms with van der Waals surface area (Å²) in [4.78, 5) is 13.1. The fraction of sp³-hybridized carbons (Fsp3) is 0.150. The van der Waals surface area contributed by atoms with Gasteiger partial charge in [-0.1, -0.05) is 5.57 Å². The summed E-state index contributed by atoms with van der Waals surface area (Å²) in [5.41, 5.74) is 1.35. The lowest BCUT2D eigenvalue weighted by Gasteiger charge is -2.26. The summed E-state index contributed by atoms with van der Waals surface area (Å²) in [5, 5.41) is 29.6. The van der Waals surface area contributed by atoms with E-state index in [9.17, 15) is 20.1 Å². The van der Waals surface area contributed by atoms with Crippen molar-refractivity contribution in [1.82, 2.24) is 0 Å². The molecule has 3 aromatic rings. The average molecular weight is 352 g/mol. The van der Waals surface area contributed by atoms with Crippen LogP contribution in [0.2, 0.25) is 0 Å². The molecule has 0 saturated heterocycles. The lowest BCUT2D eigenvalue weighted by Crippen LogP contribution is -2.22. The van der Waals surface area contributed by atoms with E-state index in [-0.39, 0.29) is 39.5 Å². The average Bonchev–Trinajstić information content (AvgIpc) is 2.52. The van der Waals surface area contributed by atoms with Gasteiger partial charge in [0.05, 0.1) is 11.1 Å². The molecule has 0 amide bonds. The van der Waals surface area contributed by atoms with Crippen LogP contribution in [-0.4, -0.2) is 15.3 Å². The second-order valence-corrected chi connectivity index (χ2v) is 6.47. The predicted molar refractivity (Wildman–Crippen MR) is 95.7 cm³/mol. The number of benzene rings is 2. The van der Waals surface area contributed by atoms with E-state index in [0.717, 1.165) is 11.6 Å². The summed E-state index contributed by atoms with van der Waals surface area (Å²) < 4.78 is 11.8. The van der Waals surface area contributed by atoms with Crippen LogP contribution >= 0.6 is 0 Å². The topological polar surface area (TPSA) is 100 Å². The highest BCUT2D eigenvalue weighted by molar-refractivity contribution is 5.88. The SMILES string of the molecule is CC(C)=C[C@H]1Oc2cc(O)ccc2-c2oc3cc(O)cc(O)c3c(=O)c21. The van der Waals surface area contributed by atoms with Crippen LogP contribution in [0.25, 0.3) is 22.3 Å². The largest absolute Gasteiger partial charge is 0.508 e. The Balaban J connectivity index is 2.14. The monoisotopic (exact) mass is 352 g/mol. The molecule has 2 aromatic carbocycles. The quantitative estimate of drug-likeness (QED) is 0.573. The van der Waals surface area contributed by atoms with E-state index < -0.39 is 11.5 Å². The molecule has 1 aromatic heterocycles. The fourth-order valence-electron chi connectivity index (χ4n) is 3.17. The number of hydrogen-bond acceptors (Lipinski definition) is 6. The Morgan fingerprint density at radius 3 is 2.58 bits per heavy atom. The van der Waals surface area contributed by atoms with E-state index in [1.807, 2.05) is 13.8 Å². The van der Waals surface area contributed by atoms with Gasteiger partial charge in [-0.3, -0.25) is 4.79 Å². The first kappa shape index (κ1) is 16.1. The molecule has 0 aliphatic carbocycles. The minimum absolute atomic E-state index is 0.0143. The zero-order chi connectivity index (χ0) is 18.6. The minimum atomic E-state index is -0.724. The molecular weight excluding hydrogens is 336 g/mol. The Labute approximate surface area is 148 Å². The highest BCUT2D eigenvalue weighted by Crippen LogP contribution is 2.45. The second kappa shape index (κ2) is 5.56. The molecule has 1 aliphatic heterocycles. The zero-order valence-electron chi connectivity index (χ0n) is 14.1. The Kier molecular flexibility index (Phi) is 3.44. The summed E-state index contributed by atoms with van der Waals surface area (Å²) >= 11 is 0. The van der Waals surface area contributed by atoms with Gasteiger partial charge in [0.15, 0.2) is 0 Å². The maximum absolute atomic E-state index is 13.1. The van der Waals surface area contributed by atoms with E-state index in [1.165, 1.54) is 18.2 Å². The van der Waals surface area contributed by atoms with E-state index in [4.69, 9.17) is 9.15 Å². The lowest BCUT2D eigenvalue weighted by atomic mass is 9.95. The van der Waals surface area contributed by atoms with Crippen LogP contribution in [0.4, 0.5) is 0 Å². The molecule has 1 aliphatic rings. The number of rotatable bonds is 1. The fourth-order valence-corrected chi connectivity index (χ4v) is 3.17. The van der Waals surface area contributed by atoms with Gasteiger partial charge in [-0.25, -0.2) is 0 Å². The summed E-state index contributed by atoms with van der Waals surface area (Å²) in [7, 11) is 0. The van der Waals surface area contributed by atoms with E-state index >= 15 is 0 Å². The van der Waals surface area contributed by atoms with Crippen molar-refractivity contribution in [1.29, 1.82) is 0 Å². The highest BCUT2D eigenvalue weighted by atomic mass is 16.5. The molecule has 26 heavy (non-hydrogen) atoms.